The number of hydrogen-bond donors (Lipinski definition) is 0. The Morgan fingerprint density at radius 3 is 0.692 bits per heavy atom. The molecule has 0 rings (SSSR count). The molecule has 0 heterocycles. The Kier molecular flexibility index (Phi) is 33.0. The van der Waals surface area contributed by atoms with Gasteiger partial charge in [-0.25, -0.2) is 0 Å². The summed E-state index contributed by atoms with van der Waals surface area (Å²) in [6.07, 6.45) is 0. The van der Waals surface area contributed by atoms with E-state index in [1.165, 1.54) is 20.8 Å². The van der Waals surface area contributed by atoms with E-state index in [9.17, 15) is 14.4 Å². The fraction of sp³-hybridized carbons (Fsp3) is 0.500. The molecular weight excluding hydrogens is 425 g/mol. The first-order chi connectivity index (χ1) is 5.20. The summed E-state index contributed by atoms with van der Waals surface area (Å²) in [5.74, 6) is 0. The van der Waals surface area contributed by atoms with Crippen LogP contribution < -0.4 is 0 Å². The molecule has 13 heavy (non-hydrogen) atoms. The molecule has 0 spiro atoms. The summed E-state index contributed by atoms with van der Waals surface area (Å²) in [7, 11) is 0. The van der Waals surface area contributed by atoms with Crippen LogP contribution in [0.3, 0.4) is 0 Å². The minimum Gasteiger partial charge on any atom is -0.742 e. The molecule has 0 aliphatic heterocycles. The number of rotatable bonds is 0. The van der Waals surface area contributed by atoms with Gasteiger partial charge in [-0.2, -0.15) is 0 Å². The maximum absolute atomic E-state index is 9.26. The molecule has 0 bridgehead atoms. The Morgan fingerprint density at radius 1 is 0.692 bits per heavy atom. The van der Waals surface area contributed by atoms with Crippen LogP contribution in [0.15, 0.2) is 0 Å². The van der Waals surface area contributed by atoms with Gasteiger partial charge in [-0.1, -0.05) is 0 Å². The van der Waals surface area contributed by atoms with Crippen molar-refractivity contribution >= 4 is 79.4 Å². The molecule has 0 aromatic heterocycles. The normalized spacial score (nSPS) is 5.77. The van der Waals surface area contributed by atoms with Crippen molar-refractivity contribution in [2.45, 2.75) is 20.8 Å². The largest absolute Gasteiger partial charge is 3.00 e. The van der Waals surface area contributed by atoms with E-state index in [2.05, 4.69) is 37.9 Å². The molecule has 2 radical (unpaired) electrons. The maximum atomic E-state index is 9.26. The van der Waals surface area contributed by atoms with Gasteiger partial charge >= 0.3 is 26.2 Å². The van der Waals surface area contributed by atoms with Gasteiger partial charge in [0, 0.05) is 15.3 Å². The van der Waals surface area contributed by atoms with Gasteiger partial charge in [0.1, 0.15) is 0 Å². The standard InChI is InChI=1S/3C2H4OS.Bi/c3*1-2(3)4;/h3*1H3,(H,3,4);/q;;;+3/p-3. The summed E-state index contributed by atoms with van der Waals surface area (Å²) in [6, 6.07) is 0. The fourth-order valence-corrected chi connectivity index (χ4v) is 0. The van der Waals surface area contributed by atoms with Crippen LogP contribution >= 0.6 is 0 Å². The molecule has 0 aliphatic carbocycles. The molecule has 3 nitrogen and oxygen atoms in total. The molecule has 0 N–H and O–H groups in total. The summed E-state index contributed by atoms with van der Waals surface area (Å²) in [5, 5.41) is -0.750. The summed E-state index contributed by atoms with van der Waals surface area (Å²) in [4.78, 5) is 27.8. The first-order valence-corrected chi connectivity index (χ1v) is 3.95. The summed E-state index contributed by atoms with van der Waals surface area (Å²) in [6.45, 7) is 4.03. The SMILES string of the molecule is CC(=O)[S-].CC(=O)[S-].CC(=O)[S-].[Bi+3]. The van der Waals surface area contributed by atoms with Crippen molar-refractivity contribution in [1.29, 1.82) is 0 Å². The van der Waals surface area contributed by atoms with Crippen molar-refractivity contribution in [3.63, 3.8) is 0 Å². The van der Waals surface area contributed by atoms with Gasteiger partial charge in [0.05, 0.1) is 0 Å². The zero-order chi connectivity index (χ0) is 10.7. The second kappa shape index (κ2) is 18.4. The van der Waals surface area contributed by atoms with Crippen molar-refractivity contribution in [1.82, 2.24) is 0 Å². The second-order valence-corrected chi connectivity index (χ2v) is 3.20. The topological polar surface area (TPSA) is 51.2 Å². The average Bonchev–Trinajstić information content (AvgIpc) is 1.54. The molecular formula is C6H9BiO3S3. The van der Waals surface area contributed by atoms with Crippen molar-refractivity contribution in [2.24, 2.45) is 0 Å². The minimum atomic E-state index is -0.250. The molecule has 7 heteroatoms. The average molecular weight is 434 g/mol. The fourth-order valence-electron chi connectivity index (χ4n) is 0. The van der Waals surface area contributed by atoms with Crippen LogP contribution in [0, 0.1) is 0 Å². The molecule has 0 saturated carbocycles. The number of carbonyl (C=O) groups excluding carboxylic acids is 3. The van der Waals surface area contributed by atoms with E-state index in [4.69, 9.17) is 0 Å². The Balaban J connectivity index is -0.0000000450. The van der Waals surface area contributed by atoms with Crippen LogP contribution in [-0.4, -0.2) is 41.5 Å². The van der Waals surface area contributed by atoms with E-state index >= 15 is 0 Å². The third-order valence-corrected chi connectivity index (χ3v) is 0. The van der Waals surface area contributed by atoms with Gasteiger partial charge in [0.2, 0.25) is 0 Å². The van der Waals surface area contributed by atoms with E-state index in [0.29, 0.717) is 0 Å². The van der Waals surface area contributed by atoms with E-state index < -0.39 is 0 Å². The molecule has 0 aliphatic rings. The van der Waals surface area contributed by atoms with Crippen molar-refractivity contribution in [3.8, 4) is 0 Å². The van der Waals surface area contributed by atoms with Crippen molar-refractivity contribution in [2.75, 3.05) is 0 Å². The second-order valence-electron chi connectivity index (χ2n) is 1.47. The third kappa shape index (κ3) is 4570. The number of carbonyl (C=O) groups is 3. The number of hydrogen-bond acceptors (Lipinski definition) is 6. The van der Waals surface area contributed by atoms with Crippen LogP contribution in [0.5, 0.6) is 0 Å². The van der Waals surface area contributed by atoms with Crippen LogP contribution in [-0.2, 0) is 52.3 Å². The van der Waals surface area contributed by atoms with Crippen LogP contribution in [0.2, 0.25) is 0 Å². The van der Waals surface area contributed by atoms with Gasteiger partial charge in [0.15, 0.2) is 0 Å². The maximum Gasteiger partial charge on any atom is 3.00 e. The molecule has 0 amide bonds. The van der Waals surface area contributed by atoms with Crippen molar-refractivity contribution < 1.29 is 14.4 Å². The molecule has 74 valence electrons. The zero-order valence-corrected chi connectivity index (χ0v) is 13.3. The molecule has 0 aromatic rings. The summed E-state index contributed by atoms with van der Waals surface area (Å²) in [5.41, 5.74) is 0. The quantitative estimate of drug-likeness (QED) is 0.391. The Morgan fingerprint density at radius 2 is 0.692 bits per heavy atom. The molecule has 0 atom stereocenters. The minimum absolute atomic E-state index is 0. The molecule has 0 aromatic carbocycles. The van der Waals surface area contributed by atoms with E-state index in [-0.39, 0.29) is 41.5 Å². The first-order valence-electron chi connectivity index (χ1n) is 2.72. The smallest absolute Gasteiger partial charge is 0.742 e. The van der Waals surface area contributed by atoms with E-state index in [1.807, 2.05) is 0 Å². The zero-order valence-electron chi connectivity index (χ0n) is 7.40. The van der Waals surface area contributed by atoms with E-state index in [1.54, 1.807) is 0 Å². The van der Waals surface area contributed by atoms with Crippen LogP contribution in [0.4, 0.5) is 0 Å². The van der Waals surface area contributed by atoms with Crippen LogP contribution in [0.1, 0.15) is 20.8 Å². The molecule has 0 unspecified atom stereocenters. The Hall–Kier alpha value is 0.553. The first kappa shape index (κ1) is 23.4. The molecule has 0 saturated heterocycles. The van der Waals surface area contributed by atoms with Gasteiger partial charge < -0.3 is 52.3 Å². The Bertz CT molecular complexity index is 121. The van der Waals surface area contributed by atoms with Gasteiger partial charge in [-0.05, 0) is 20.8 Å². The van der Waals surface area contributed by atoms with Crippen LogP contribution in [0.25, 0.3) is 0 Å². The van der Waals surface area contributed by atoms with Gasteiger partial charge in [-0.15, -0.1) is 0 Å². The predicted octanol–water partition coefficient (Wildman–Crippen LogP) is -0.141. The monoisotopic (exact) mass is 434 g/mol. The Labute approximate surface area is 114 Å². The molecule has 0 fully saturated rings. The predicted molar refractivity (Wildman–Crippen MR) is 59.9 cm³/mol. The summed E-state index contributed by atoms with van der Waals surface area (Å²) >= 11 is 11.9. The van der Waals surface area contributed by atoms with E-state index in [0.717, 1.165) is 0 Å². The van der Waals surface area contributed by atoms with Crippen molar-refractivity contribution in [3.05, 3.63) is 0 Å². The van der Waals surface area contributed by atoms with Gasteiger partial charge in [-0.3, -0.25) is 0 Å². The summed E-state index contributed by atoms with van der Waals surface area (Å²) < 4.78 is 0. The third-order valence-electron chi connectivity index (χ3n) is 0. The van der Waals surface area contributed by atoms with Gasteiger partial charge in [0.25, 0.3) is 0 Å².